The van der Waals surface area contributed by atoms with Crippen LogP contribution in [0.5, 0.6) is 23.0 Å². The number of ether oxygens (including phenoxy) is 5. The van der Waals surface area contributed by atoms with Crippen LogP contribution in [0.3, 0.4) is 0 Å². The van der Waals surface area contributed by atoms with Gasteiger partial charge in [-0.15, -0.1) is 0 Å². The topological polar surface area (TPSA) is 141 Å². The third-order valence-electron chi connectivity index (χ3n) is 7.28. The largest absolute Gasteiger partial charge is 0.497 e. The van der Waals surface area contributed by atoms with E-state index < -0.39 is 16.9 Å². The Morgan fingerprint density at radius 3 is 2.37 bits per heavy atom. The summed E-state index contributed by atoms with van der Waals surface area (Å²) in [5.74, 6) is 1.30. The number of nitrogens with zero attached hydrogens (tertiary/aromatic N) is 3. The summed E-state index contributed by atoms with van der Waals surface area (Å²) in [5.41, 5.74) is 2.26. The fourth-order valence-corrected chi connectivity index (χ4v) is 6.11. The van der Waals surface area contributed by atoms with E-state index in [9.17, 15) is 19.7 Å². The van der Waals surface area contributed by atoms with Gasteiger partial charge in [-0.25, -0.2) is 9.79 Å². The first kappa shape index (κ1) is 32.0. The monoisotopic (exact) mass is 645 g/mol. The number of hydrogen-bond acceptors (Lipinski definition) is 11. The molecule has 238 valence electrons. The lowest BCUT2D eigenvalue weighted by Crippen LogP contribution is -2.40. The highest BCUT2D eigenvalue weighted by Gasteiger charge is 2.35. The van der Waals surface area contributed by atoms with E-state index in [0.717, 1.165) is 5.56 Å². The number of thiazole rings is 1. The van der Waals surface area contributed by atoms with Gasteiger partial charge in [-0.05, 0) is 73.5 Å². The zero-order valence-electron chi connectivity index (χ0n) is 25.8. The van der Waals surface area contributed by atoms with E-state index >= 15 is 0 Å². The number of hydrogen-bond donors (Lipinski definition) is 0. The van der Waals surface area contributed by atoms with Crippen LogP contribution in [0.4, 0.5) is 5.69 Å². The Labute approximate surface area is 267 Å². The summed E-state index contributed by atoms with van der Waals surface area (Å²) in [7, 11) is 4.56. The number of carbonyl (C=O) groups excluding carboxylic acids is 1. The number of rotatable bonds is 11. The Morgan fingerprint density at radius 2 is 1.72 bits per heavy atom. The Morgan fingerprint density at radius 1 is 1.00 bits per heavy atom. The van der Waals surface area contributed by atoms with Crippen LogP contribution in [0, 0.1) is 10.1 Å². The minimum atomic E-state index is -0.882. The molecule has 13 heteroatoms. The molecule has 0 saturated carbocycles. The second-order valence-electron chi connectivity index (χ2n) is 10.0. The summed E-state index contributed by atoms with van der Waals surface area (Å²) >= 11 is 1.19. The van der Waals surface area contributed by atoms with Crippen molar-refractivity contribution in [3.63, 3.8) is 0 Å². The molecule has 0 aliphatic carbocycles. The van der Waals surface area contributed by atoms with Crippen LogP contribution in [-0.4, -0.2) is 43.4 Å². The Kier molecular flexibility index (Phi) is 9.52. The van der Waals surface area contributed by atoms with Crippen molar-refractivity contribution in [2.45, 2.75) is 26.5 Å². The second kappa shape index (κ2) is 13.7. The molecule has 0 spiro atoms. The van der Waals surface area contributed by atoms with Gasteiger partial charge in [0.05, 0.1) is 48.7 Å². The van der Waals surface area contributed by atoms with E-state index in [4.69, 9.17) is 23.7 Å². The summed E-state index contributed by atoms with van der Waals surface area (Å²) in [6.07, 6.45) is 1.72. The molecular formula is C33H31N3O9S. The normalized spacial score (nSPS) is 14.3. The Bertz CT molecular complexity index is 2010. The highest BCUT2D eigenvalue weighted by molar-refractivity contribution is 7.07. The number of aromatic nitrogens is 1. The first-order valence-corrected chi connectivity index (χ1v) is 15.0. The Balaban J connectivity index is 1.55. The van der Waals surface area contributed by atoms with E-state index in [2.05, 4.69) is 4.99 Å². The number of nitro groups is 1. The number of fused-ring (bicyclic) bond motifs is 1. The van der Waals surface area contributed by atoms with Crippen molar-refractivity contribution in [1.82, 2.24) is 4.57 Å². The molecule has 2 heterocycles. The lowest BCUT2D eigenvalue weighted by atomic mass is 9.94. The van der Waals surface area contributed by atoms with Crippen molar-refractivity contribution in [1.29, 1.82) is 0 Å². The standard InChI is InChI=1S/C33H31N3O9S/c1-6-44-32(38)29-19(2)34-33-35(30(29)24-17-23(41-3)12-14-25(24)42-4)31(37)28(46-33)16-21-9-13-26(27(15-21)43-5)45-18-20-7-10-22(11-8-20)36(39)40/h7-17,30H,6,18H2,1-5H3/b28-16+/t30-/m0/s1. The third kappa shape index (κ3) is 6.35. The molecule has 4 aromatic rings. The van der Waals surface area contributed by atoms with Gasteiger partial charge in [-0.2, -0.15) is 0 Å². The highest BCUT2D eigenvalue weighted by atomic mass is 32.1. The summed E-state index contributed by atoms with van der Waals surface area (Å²) < 4.78 is 29.8. The fraction of sp³-hybridized carbons (Fsp3) is 0.242. The summed E-state index contributed by atoms with van der Waals surface area (Å²) in [4.78, 5) is 42.8. The third-order valence-corrected chi connectivity index (χ3v) is 8.26. The molecule has 0 radical (unpaired) electrons. The molecule has 5 rings (SSSR count). The minimum Gasteiger partial charge on any atom is -0.497 e. The Hall–Kier alpha value is -5.43. The summed E-state index contributed by atoms with van der Waals surface area (Å²) in [6.45, 7) is 3.74. The maximum absolute atomic E-state index is 14.1. The molecule has 0 saturated heterocycles. The van der Waals surface area contributed by atoms with Crippen LogP contribution in [0.25, 0.3) is 6.08 Å². The minimum absolute atomic E-state index is 0.00260. The average molecular weight is 646 g/mol. The van der Waals surface area contributed by atoms with Gasteiger partial charge in [0, 0.05) is 17.7 Å². The van der Waals surface area contributed by atoms with Crippen LogP contribution in [-0.2, 0) is 16.1 Å². The van der Waals surface area contributed by atoms with Gasteiger partial charge in [-0.3, -0.25) is 19.5 Å². The predicted octanol–water partition coefficient (Wildman–Crippen LogP) is 4.31. The van der Waals surface area contributed by atoms with Gasteiger partial charge in [-0.1, -0.05) is 17.4 Å². The molecule has 1 aliphatic rings. The van der Waals surface area contributed by atoms with E-state index in [1.165, 1.54) is 49.4 Å². The van der Waals surface area contributed by atoms with Crippen molar-refractivity contribution < 1.29 is 33.4 Å². The molecule has 0 N–H and O–H groups in total. The van der Waals surface area contributed by atoms with E-state index in [1.807, 2.05) is 0 Å². The number of non-ortho nitro benzene ring substituents is 1. The molecule has 1 atom stereocenters. The first-order valence-electron chi connectivity index (χ1n) is 14.1. The van der Waals surface area contributed by atoms with Crippen LogP contribution < -0.4 is 33.8 Å². The van der Waals surface area contributed by atoms with Crippen LogP contribution in [0.1, 0.15) is 36.6 Å². The van der Waals surface area contributed by atoms with Gasteiger partial charge < -0.3 is 23.7 Å². The SMILES string of the molecule is CCOC(=O)C1=C(C)N=c2s/c(=C/c3ccc(OCc4ccc([N+](=O)[O-])cc4)c(OC)c3)c(=O)n2[C@H]1c1cc(OC)ccc1OC. The van der Waals surface area contributed by atoms with Crippen molar-refractivity contribution in [3.05, 3.63) is 118 Å². The maximum atomic E-state index is 14.1. The zero-order valence-corrected chi connectivity index (χ0v) is 26.6. The molecule has 0 amide bonds. The average Bonchev–Trinajstić information content (AvgIpc) is 3.36. The van der Waals surface area contributed by atoms with Gasteiger partial charge in [0.25, 0.3) is 11.2 Å². The second-order valence-corrected chi connectivity index (χ2v) is 11.0. The fourth-order valence-electron chi connectivity index (χ4n) is 5.06. The quantitative estimate of drug-likeness (QED) is 0.133. The number of allylic oxidation sites excluding steroid dienone is 1. The smallest absolute Gasteiger partial charge is 0.338 e. The molecule has 46 heavy (non-hydrogen) atoms. The summed E-state index contributed by atoms with van der Waals surface area (Å²) in [6, 6.07) is 15.6. The molecule has 0 fully saturated rings. The number of methoxy groups -OCH3 is 3. The highest BCUT2D eigenvalue weighted by Crippen LogP contribution is 2.38. The van der Waals surface area contributed by atoms with Gasteiger partial charge in [0.2, 0.25) is 0 Å². The van der Waals surface area contributed by atoms with Gasteiger partial charge in [0.15, 0.2) is 16.3 Å². The number of nitro benzene ring substituents is 1. The molecule has 0 bridgehead atoms. The molecule has 12 nitrogen and oxygen atoms in total. The lowest BCUT2D eigenvalue weighted by Gasteiger charge is -2.26. The maximum Gasteiger partial charge on any atom is 0.338 e. The lowest BCUT2D eigenvalue weighted by molar-refractivity contribution is -0.384. The van der Waals surface area contributed by atoms with Gasteiger partial charge in [0.1, 0.15) is 24.1 Å². The number of esters is 1. The van der Waals surface area contributed by atoms with Crippen molar-refractivity contribution in [2.24, 2.45) is 4.99 Å². The molecular weight excluding hydrogens is 614 g/mol. The van der Waals surface area contributed by atoms with Crippen molar-refractivity contribution in [2.75, 3.05) is 27.9 Å². The van der Waals surface area contributed by atoms with Crippen LogP contribution in [0.15, 0.2) is 81.7 Å². The first-order chi connectivity index (χ1) is 22.2. The van der Waals surface area contributed by atoms with Crippen molar-refractivity contribution in [3.8, 4) is 23.0 Å². The molecule has 0 unspecified atom stereocenters. The van der Waals surface area contributed by atoms with E-state index in [-0.39, 0.29) is 30.0 Å². The molecule has 1 aromatic heterocycles. The summed E-state index contributed by atoms with van der Waals surface area (Å²) in [5, 5.41) is 10.9. The van der Waals surface area contributed by atoms with E-state index in [1.54, 1.807) is 68.5 Å². The van der Waals surface area contributed by atoms with Gasteiger partial charge >= 0.3 is 5.97 Å². The number of carbonyl (C=O) groups is 1. The van der Waals surface area contributed by atoms with E-state index in [0.29, 0.717) is 49.2 Å². The molecule has 1 aliphatic heterocycles. The van der Waals surface area contributed by atoms with Crippen molar-refractivity contribution >= 4 is 29.1 Å². The zero-order chi connectivity index (χ0) is 33.0. The van der Waals surface area contributed by atoms with Crippen LogP contribution >= 0.6 is 11.3 Å². The predicted molar refractivity (Wildman–Crippen MR) is 170 cm³/mol. The molecule has 3 aromatic carbocycles. The van der Waals surface area contributed by atoms with Crippen LogP contribution in [0.2, 0.25) is 0 Å². The number of benzene rings is 3.